The van der Waals surface area contributed by atoms with Crippen molar-refractivity contribution in [2.24, 2.45) is 11.8 Å². The van der Waals surface area contributed by atoms with Gasteiger partial charge in [0, 0.05) is 0 Å². The lowest BCUT2D eigenvalue weighted by atomic mass is 9.92. The van der Waals surface area contributed by atoms with Gasteiger partial charge in [0.15, 0.2) is 0 Å². The molecule has 0 saturated carbocycles. The predicted molar refractivity (Wildman–Crippen MR) is 39.1 cm³/mol. The fourth-order valence-electron chi connectivity index (χ4n) is 1.30. The van der Waals surface area contributed by atoms with Crippen molar-refractivity contribution in [2.45, 2.75) is 12.8 Å². The SMILES string of the molecule is O=CC(C(=O)O)C1CC=CC1. The minimum Gasteiger partial charge on any atom is -0.481 e. The molecule has 1 unspecified atom stereocenters. The van der Waals surface area contributed by atoms with Crippen molar-refractivity contribution in [3.05, 3.63) is 12.2 Å². The van der Waals surface area contributed by atoms with Gasteiger partial charge in [-0.15, -0.1) is 0 Å². The number of carbonyl (C=O) groups is 2. The fourth-order valence-corrected chi connectivity index (χ4v) is 1.30. The molecule has 1 rings (SSSR count). The van der Waals surface area contributed by atoms with Gasteiger partial charge < -0.3 is 9.90 Å². The smallest absolute Gasteiger partial charge is 0.314 e. The molecule has 0 fully saturated rings. The van der Waals surface area contributed by atoms with Crippen LogP contribution in [-0.4, -0.2) is 17.4 Å². The second kappa shape index (κ2) is 3.32. The molecular weight excluding hydrogens is 144 g/mol. The summed E-state index contributed by atoms with van der Waals surface area (Å²) in [6.07, 6.45) is 5.81. The summed E-state index contributed by atoms with van der Waals surface area (Å²) in [6, 6.07) is 0. The van der Waals surface area contributed by atoms with E-state index in [0.717, 1.165) is 12.8 Å². The highest BCUT2D eigenvalue weighted by Gasteiger charge is 2.27. The Morgan fingerprint density at radius 2 is 2.09 bits per heavy atom. The number of carboxylic acids is 1. The lowest BCUT2D eigenvalue weighted by Crippen LogP contribution is -2.23. The molecule has 1 atom stereocenters. The molecule has 3 nitrogen and oxygen atoms in total. The number of hydrogen-bond acceptors (Lipinski definition) is 2. The van der Waals surface area contributed by atoms with Crippen molar-refractivity contribution in [1.82, 2.24) is 0 Å². The van der Waals surface area contributed by atoms with Crippen LogP contribution in [0.15, 0.2) is 12.2 Å². The summed E-state index contributed by atoms with van der Waals surface area (Å²) in [4.78, 5) is 20.8. The van der Waals surface area contributed by atoms with Gasteiger partial charge in [-0.25, -0.2) is 0 Å². The normalized spacial score (nSPS) is 20.0. The Balaban J connectivity index is 2.55. The third-order valence-electron chi connectivity index (χ3n) is 1.98. The van der Waals surface area contributed by atoms with Crippen molar-refractivity contribution in [3.8, 4) is 0 Å². The van der Waals surface area contributed by atoms with E-state index >= 15 is 0 Å². The average molecular weight is 154 g/mol. The number of allylic oxidation sites excluding steroid dienone is 2. The Morgan fingerprint density at radius 3 is 2.45 bits per heavy atom. The predicted octanol–water partition coefficient (Wildman–Crippen LogP) is 0.852. The summed E-state index contributed by atoms with van der Waals surface area (Å²) in [6.45, 7) is 0. The zero-order chi connectivity index (χ0) is 8.27. The van der Waals surface area contributed by atoms with E-state index in [0.29, 0.717) is 6.29 Å². The summed E-state index contributed by atoms with van der Waals surface area (Å²) in [5.74, 6) is -1.83. The highest BCUT2D eigenvalue weighted by Crippen LogP contribution is 2.24. The molecule has 0 amide bonds. The van der Waals surface area contributed by atoms with E-state index in [4.69, 9.17) is 5.11 Å². The molecule has 1 aliphatic carbocycles. The summed E-state index contributed by atoms with van der Waals surface area (Å²) >= 11 is 0. The molecule has 60 valence electrons. The van der Waals surface area contributed by atoms with Gasteiger partial charge in [-0.2, -0.15) is 0 Å². The summed E-state index contributed by atoms with van der Waals surface area (Å²) in [7, 11) is 0. The van der Waals surface area contributed by atoms with E-state index in [1.807, 2.05) is 12.2 Å². The molecule has 11 heavy (non-hydrogen) atoms. The number of aldehydes is 1. The van der Waals surface area contributed by atoms with Gasteiger partial charge in [-0.1, -0.05) is 12.2 Å². The fraction of sp³-hybridized carbons (Fsp3) is 0.500. The van der Waals surface area contributed by atoms with Gasteiger partial charge in [0.25, 0.3) is 0 Å². The van der Waals surface area contributed by atoms with E-state index in [1.54, 1.807) is 0 Å². The number of carboxylic acid groups (broad SMARTS) is 1. The van der Waals surface area contributed by atoms with E-state index in [9.17, 15) is 9.59 Å². The maximum Gasteiger partial charge on any atom is 0.314 e. The van der Waals surface area contributed by atoms with E-state index in [-0.39, 0.29) is 5.92 Å². The van der Waals surface area contributed by atoms with Gasteiger partial charge >= 0.3 is 5.97 Å². The molecule has 0 aromatic carbocycles. The first-order valence-electron chi connectivity index (χ1n) is 3.59. The van der Waals surface area contributed by atoms with Crippen LogP contribution in [0.25, 0.3) is 0 Å². The molecule has 0 radical (unpaired) electrons. The Kier molecular flexibility index (Phi) is 2.41. The first-order chi connectivity index (χ1) is 5.25. The number of carbonyl (C=O) groups excluding carboxylic acids is 1. The van der Waals surface area contributed by atoms with Crippen molar-refractivity contribution in [3.63, 3.8) is 0 Å². The maximum atomic E-state index is 10.5. The molecule has 0 bridgehead atoms. The van der Waals surface area contributed by atoms with Crippen LogP contribution in [0.5, 0.6) is 0 Å². The van der Waals surface area contributed by atoms with Crippen LogP contribution in [0, 0.1) is 11.8 Å². The van der Waals surface area contributed by atoms with E-state index < -0.39 is 11.9 Å². The van der Waals surface area contributed by atoms with Gasteiger partial charge in [0.2, 0.25) is 0 Å². The molecule has 3 heteroatoms. The molecule has 0 aromatic rings. The van der Waals surface area contributed by atoms with E-state index in [1.165, 1.54) is 0 Å². The van der Waals surface area contributed by atoms with Crippen molar-refractivity contribution >= 4 is 12.3 Å². The van der Waals surface area contributed by atoms with Gasteiger partial charge in [0.05, 0.1) is 0 Å². The zero-order valence-electron chi connectivity index (χ0n) is 6.06. The minimum absolute atomic E-state index is 0.00926. The lowest BCUT2D eigenvalue weighted by molar-refractivity contribution is -0.145. The average Bonchev–Trinajstić information content (AvgIpc) is 2.40. The van der Waals surface area contributed by atoms with Gasteiger partial charge in [-0.05, 0) is 18.8 Å². The quantitative estimate of drug-likeness (QED) is 0.372. The number of hydrogen-bond donors (Lipinski definition) is 1. The monoisotopic (exact) mass is 154 g/mol. The lowest BCUT2D eigenvalue weighted by Gasteiger charge is -2.11. The van der Waals surface area contributed by atoms with E-state index in [2.05, 4.69) is 0 Å². The summed E-state index contributed by atoms with van der Waals surface area (Å²) in [5.41, 5.74) is 0. The van der Waals surface area contributed by atoms with Crippen LogP contribution in [0.2, 0.25) is 0 Å². The molecule has 0 aliphatic heterocycles. The summed E-state index contributed by atoms with van der Waals surface area (Å²) < 4.78 is 0. The number of rotatable bonds is 3. The second-order valence-corrected chi connectivity index (χ2v) is 2.70. The minimum atomic E-state index is -1.01. The Hall–Kier alpha value is -1.12. The largest absolute Gasteiger partial charge is 0.481 e. The molecule has 0 spiro atoms. The molecular formula is C8H10O3. The van der Waals surface area contributed by atoms with Crippen LogP contribution in [-0.2, 0) is 9.59 Å². The van der Waals surface area contributed by atoms with Crippen molar-refractivity contribution in [1.29, 1.82) is 0 Å². The Labute approximate surface area is 64.7 Å². The first kappa shape index (κ1) is 7.98. The van der Waals surface area contributed by atoms with Crippen LogP contribution in [0.1, 0.15) is 12.8 Å². The van der Waals surface area contributed by atoms with Crippen molar-refractivity contribution in [2.75, 3.05) is 0 Å². The van der Waals surface area contributed by atoms with Crippen LogP contribution >= 0.6 is 0 Å². The Bertz CT molecular complexity index is 188. The van der Waals surface area contributed by atoms with Gasteiger partial charge in [-0.3, -0.25) is 4.79 Å². The molecule has 0 saturated heterocycles. The summed E-state index contributed by atoms with van der Waals surface area (Å²) in [5, 5.41) is 8.57. The maximum absolute atomic E-state index is 10.5. The molecule has 0 heterocycles. The molecule has 1 aliphatic rings. The zero-order valence-corrected chi connectivity index (χ0v) is 6.06. The van der Waals surface area contributed by atoms with Gasteiger partial charge in [0.1, 0.15) is 12.2 Å². The second-order valence-electron chi connectivity index (χ2n) is 2.70. The van der Waals surface area contributed by atoms with Crippen LogP contribution < -0.4 is 0 Å². The third-order valence-corrected chi connectivity index (χ3v) is 1.98. The topological polar surface area (TPSA) is 54.4 Å². The molecule has 0 aromatic heterocycles. The standard InChI is InChI=1S/C8H10O3/c9-5-7(8(10)11)6-3-1-2-4-6/h1-2,5-7H,3-4H2,(H,10,11). The first-order valence-corrected chi connectivity index (χ1v) is 3.59. The van der Waals surface area contributed by atoms with Crippen LogP contribution in [0.3, 0.4) is 0 Å². The van der Waals surface area contributed by atoms with Crippen LogP contribution in [0.4, 0.5) is 0 Å². The number of aliphatic carboxylic acids is 1. The highest BCUT2D eigenvalue weighted by atomic mass is 16.4. The molecule has 1 N–H and O–H groups in total. The van der Waals surface area contributed by atoms with Crippen molar-refractivity contribution < 1.29 is 14.7 Å². The third kappa shape index (κ3) is 1.67. The highest BCUT2D eigenvalue weighted by molar-refractivity contribution is 5.86. The Morgan fingerprint density at radius 1 is 1.55 bits per heavy atom.